The van der Waals surface area contributed by atoms with E-state index in [2.05, 4.69) is 5.32 Å². The Hall–Kier alpha value is -2.87. The Morgan fingerprint density at radius 1 is 1.17 bits per heavy atom. The second-order valence-corrected chi connectivity index (χ2v) is 10.4. The first-order valence-corrected chi connectivity index (χ1v) is 12.5. The Morgan fingerprint density at radius 3 is 2.36 bits per heavy atom. The van der Waals surface area contributed by atoms with E-state index >= 15 is 0 Å². The number of para-hydroxylation sites is 1. The lowest BCUT2D eigenvalue weighted by atomic mass is 9.77. The van der Waals surface area contributed by atoms with Crippen LogP contribution >= 0.6 is 0 Å². The molecule has 4 rings (SSSR count). The van der Waals surface area contributed by atoms with Crippen molar-refractivity contribution in [1.29, 1.82) is 0 Å². The van der Waals surface area contributed by atoms with E-state index < -0.39 is 29.0 Å². The maximum atomic E-state index is 14.0. The standard InChI is InChI=1S/C28H34F3N3O2/c1-6-33(5)15-27(16-34(25(35)19(27)4)24-17(2)8-7-9-18(24)3)26(36)32-23-13-21(20-10-11-20)12-22(14-23)28(29,30)31/h7-9,12-14,19-20H,6,10-11,15-16H2,1-5H3,(H,32,36). The normalized spacial score (nSPS) is 22.4. The summed E-state index contributed by atoms with van der Waals surface area (Å²) in [5.41, 5.74) is 1.47. The van der Waals surface area contributed by atoms with E-state index in [9.17, 15) is 22.8 Å². The number of rotatable bonds is 7. The maximum absolute atomic E-state index is 14.0. The van der Waals surface area contributed by atoms with Gasteiger partial charge >= 0.3 is 6.18 Å². The first kappa shape index (κ1) is 26.2. The Morgan fingerprint density at radius 2 is 1.81 bits per heavy atom. The molecule has 0 radical (unpaired) electrons. The summed E-state index contributed by atoms with van der Waals surface area (Å²) in [6, 6.07) is 9.60. The van der Waals surface area contributed by atoms with Gasteiger partial charge in [0.05, 0.1) is 16.9 Å². The number of nitrogens with one attached hydrogen (secondary N) is 1. The fourth-order valence-corrected chi connectivity index (χ4v) is 5.30. The fraction of sp³-hybridized carbons (Fsp3) is 0.500. The monoisotopic (exact) mass is 501 g/mol. The van der Waals surface area contributed by atoms with Gasteiger partial charge in [-0.25, -0.2) is 0 Å². The highest BCUT2D eigenvalue weighted by atomic mass is 19.4. The van der Waals surface area contributed by atoms with Crippen LogP contribution in [0.2, 0.25) is 0 Å². The van der Waals surface area contributed by atoms with E-state index in [1.54, 1.807) is 17.9 Å². The Labute approximate surface area is 210 Å². The third kappa shape index (κ3) is 4.88. The van der Waals surface area contributed by atoms with Crippen molar-refractivity contribution in [3.63, 3.8) is 0 Å². The molecule has 0 bridgehead atoms. The largest absolute Gasteiger partial charge is 0.416 e. The number of aryl methyl sites for hydroxylation is 2. The number of halogens is 3. The molecule has 1 aliphatic heterocycles. The Kier molecular flexibility index (Phi) is 6.94. The van der Waals surface area contributed by atoms with Crippen LogP contribution in [-0.4, -0.2) is 43.4 Å². The number of carbonyl (C=O) groups is 2. The minimum atomic E-state index is -4.51. The number of hydrogen-bond acceptors (Lipinski definition) is 3. The second kappa shape index (κ2) is 9.54. The molecule has 2 aromatic rings. The minimum Gasteiger partial charge on any atom is -0.325 e. The summed E-state index contributed by atoms with van der Waals surface area (Å²) in [6.45, 7) is 8.70. The second-order valence-electron chi connectivity index (χ2n) is 10.4. The summed E-state index contributed by atoms with van der Waals surface area (Å²) >= 11 is 0. The van der Waals surface area contributed by atoms with Crippen molar-refractivity contribution in [1.82, 2.24) is 4.90 Å². The SMILES string of the molecule is CCN(C)CC1(C(=O)Nc2cc(C3CC3)cc(C(F)(F)F)c2)CN(c2c(C)cccc2C)C(=O)C1C. The summed E-state index contributed by atoms with van der Waals surface area (Å²) < 4.78 is 40.9. The zero-order valence-electron chi connectivity index (χ0n) is 21.5. The molecule has 1 saturated heterocycles. The predicted octanol–water partition coefficient (Wildman–Crippen LogP) is 5.76. The van der Waals surface area contributed by atoms with Crippen molar-refractivity contribution < 1.29 is 22.8 Å². The van der Waals surface area contributed by atoms with Gasteiger partial charge in [-0.05, 0) is 81.1 Å². The molecule has 2 aromatic carbocycles. The summed E-state index contributed by atoms with van der Waals surface area (Å²) in [7, 11) is 1.88. The molecule has 2 amide bonds. The number of alkyl halides is 3. The molecule has 2 atom stereocenters. The lowest BCUT2D eigenvalue weighted by molar-refractivity contribution is -0.137. The third-order valence-corrected chi connectivity index (χ3v) is 7.75. The molecule has 1 aliphatic carbocycles. The molecule has 0 aromatic heterocycles. The minimum absolute atomic E-state index is 0.0923. The molecule has 2 unspecified atom stereocenters. The molecule has 1 N–H and O–H groups in total. The lowest BCUT2D eigenvalue weighted by Gasteiger charge is -2.34. The highest BCUT2D eigenvalue weighted by molar-refractivity contribution is 6.08. The molecule has 2 fully saturated rings. The van der Waals surface area contributed by atoms with Gasteiger partial charge in [-0.3, -0.25) is 9.59 Å². The van der Waals surface area contributed by atoms with E-state index in [1.807, 2.05) is 50.9 Å². The average Bonchev–Trinajstić information content (AvgIpc) is 3.63. The first-order chi connectivity index (χ1) is 16.9. The quantitative estimate of drug-likeness (QED) is 0.525. The number of benzene rings is 2. The zero-order chi connectivity index (χ0) is 26.4. The van der Waals surface area contributed by atoms with Gasteiger partial charge in [0, 0.05) is 24.5 Å². The molecule has 5 nitrogen and oxygen atoms in total. The third-order valence-electron chi connectivity index (χ3n) is 7.75. The highest BCUT2D eigenvalue weighted by Gasteiger charge is 2.56. The highest BCUT2D eigenvalue weighted by Crippen LogP contribution is 2.45. The molecular formula is C28H34F3N3O2. The van der Waals surface area contributed by atoms with Crippen LogP contribution in [0.25, 0.3) is 0 Å². The van der Waals surface area contributed by atoms with E-state index in [1.165, 1.54) is 6.07 Å². The van der Waals surface area contributed by atoms with E-state index in [0.29, 0.717) is 18.7 Å². The van der Waals surface area contributed by atoms with Gasteiger partial charge in [0.25, 0.3) is 0 Å². The van der Waals surface area contributed by atoms with Crippen molar-refractivity contribution in [3.8, 4) is 0 Å². The summed E-state index contributed by atoms with van der Waals surface area (Å²) in [4.78, 5) is 31.2. The number of carbonyl (C=O) groups excluding carboxylic acids is 2. The lowest BCUT2D eigenvalue weighted by Crippen LogP contribution is -2.50. The van der Waals surface area contributed by atoms with Gasteiger partial charge < -0.3 is 15.1 Å². The molecule has 8 heteroatoms. The van der Waals surface area contributed by atoms with E-state index in [-0.39, 0.29) is 24.1 Å². The van der Waals surface area contributed by atoms with Crippen LogP contribution in [0.5, 0.6) is 0 Å². The first-order valence-electron chi connectivity index (χ1n) is 12.5. The molecule has 2 aliphatic rings. The topological polar surface area (TPSA) is 52.7 Å². The fourth-order valence-electron chi connectivity index (χ4n) is 5.30. The van der Waals surface area contributed by atoms with E-state index in [0.717, 1.165) is 35.7 Å². The summed E-state index contributed by atoms with van der Waals surface area (Å²) in [5.74, 6) is -1.15. The molecule has 1 saturated carbocycles. The van der Waals surface area contributed by atoms with Crippen molar-refractivity contribution in [3.05, 3.63) is 58.7 Å². The van der Waals surface area contributed by atoms with Crippen LogP contribution in [0, 0.1) is 25.2 Å². The van der Waals surface area contributed by atoms with Crippen molar-refractivity contribution in [2.75, 3.05) is 36.9 Å². The van der Waals surface area contributed by atoms with Crippen LogP contribution in [0.15, 0.2) is 36.4 Å². The van der Waals surface area contributed by atoms with Gasteiger partial charge in [0.2, 0.25) is 11.8 Å². The van der Waals surface area contributed by atoms with Gasteiger partial charge in [-0.2, -0.15) is 13.2 Å². The van der Waals surface area contributed by atoms with Gasteiger partial charge in [0.15, 0.2) is 0 Å². The number of amides is 2. The summed E-state index contributed by atoms with van der Waals surface area (Å²) in [6.07, 6.45) is -2.83. The Balaban J connectivity index is 1.73. The van der Waals surface area contributed by atoms with Crippen molar-refractivity contribution >= 4 is 23.2 Å². The zero-order valence-corrected chi connectivity index (χ0v) is 21.5. The molecule has 0 spiro atoms. The number of hydrogen-bond donors (Lipinski definition) is 1. The van der Waals surface area contributed by atoms with Crippen LogP contribution in [0.1, 0.15) is 54.9 Å². The summed E-state index contributed by atoms with van der Waals surface area (Å²) in [5, 5.41) is 2.80. The van der Waals surface area contributed by atoms with Gasteiger partial charge in [-0.15, -0.1) is 0 Å². The number of nitrogens with zero attached hydrogens (tertiary/aromatic N) is 2. The molecule has 1 heterocycles. The van der Waals surface area contributed by atoms with E-state index in [4.69, 9.17) is 0 Å². The molecule has 194 valence electrons. The average molecular weight is 502 g/mol. The molecular weight excluding hydrogens is 467 g/mol. The van der Waals surface area contributed by atoms with Crippen LogP contribution in [0.4, 0.5) is 24.5 Å². The maximum Gasteiger partial charge on any atom is 0.416 e. The van der Waals surface area contributed by atoms with Crippen LogP contribution < -0.4 is 10.2 Å². The smallest absolute Gasteiger partial charge is 0.325 e. The Bertz CT molecular complexity index is 1150. The molecule has 36 heavy (non-hydrogen) atoms. The van der Waals surface area contributed by atoms with Gasteiger partial charge in [0.1, 0.15) is 0 Å². The van der Waals surface area contributed by atoms with Crippen LogP contribution in [-0.2, 0) is 15.8 Å². The van der Waals surface area contributed by atoms with Gasteiger partial charge in [-0.1, -0.05) is 32.0 Å². The van der Waals surface area contributed by atoms with Crippen LogP contribution in [0.3, 0.4) is 0 Å². The number of anilines is 2. The van der Waals surface area contributed by atoms with Crippen molar-refractivity contribution in [2.24, 2.45) is 11.3 Å². The van der Waals surface area contributed by atoms with Crippen molar-refractivity contribution in [2.45, 2.75) is 52.6 Å². The predicted molar refractivity (Wildman–Crippen MR) is 135 cm³/mol.